The summed E-state index contributed by atoms with van der Waals surface area (Å²) in [6.07, 6.45) is 0. The minimum absolute atomic E-state index is 0.162. The van der Waals surface area contributed by atoms with E-state index in [0.717, 1.165) is 13.1 Å². The van der Waals surface area contributed by atoms with E-state index in [0.29, 0.717) is 0 Å². The summed E-state index contributed by atoms with van der Waals surface area (Å²) in [6.45, 7) is 8.50. The molecule has 2 amide bonds. The number of hydrogen-bond acceptors (Lipinski definition) is 2. The van der Waals surface area contributed by atoms with E-state index in [2.05, 4.69) is 5.73 Å². The molecule has 0 radical (unpaired) electrons. The van der Waals surface area contributed by atoms with Gasteiger partial charge in [0.05, 0.1) is 0 Å². The molecule has 0 rings (SSSR count). The van der Waals surface area contributed by atoms with Crippen LogP contribution in [-0.2, 0) is 9.59 Å². The summed E-state index contributed by atoms with van der Waals surface area (Å²) in [5.41, 5.74) is 4.47. The lowest BCUT2D eigenvalue weighted by atomic mass is 10.5. The van der Waals surface area contributed by atoms with Crippen molar-refractivity contribution < 1.29 is 9.59 Å². The molecule has 0 aliphatic rings. The Kier molecular flexibility index (Phi) is 9.06. The summed E-state index contributed by atoms with van der Waals surface area (Å²) in [7, 11) is 0. The highest BCUT2D eigenvalue weighted by Crippen LogP contribution is 1.84. The van der Waals surface area contributed by atoms with E-state index in [1.165, 1.54) is 6.92 Å². The van der Waals surface area contributed by atoms with Gasteiger partial charge in [-0.15, -0.1) is 0 Å². The second kappa shape index (κ2) is 8.04. The minimum Gasteiger partial charge on any atom is -0.370 e. The summed E-state index contributed by atoms with van der Waals surface area (Å²) >= 11 is 0. The predicted octanol–water partition coefficient (Wildman–Crippen LogP) is 0.366. The normalized spacial score (nSPS) is 8.00. The topological polar surface area (TPSA) is 63.4 Å². The molecule has 2 N–H and O–H groups in total. The molecule has 0 unspecified atom stereocenters. The van der Waals surface area contributed by atoms with Crippen LogP contribution in [0.4, 0.5) is 0 Å². The van der Waals surface area contributed by atoms with Gasteiger partial charge in [-0.3, -0.25) is 9.59 Å². The average molecular weight is 174 g/mol. The molecular weight excluding hydrogens is 156 g/mol. The van der Waals surface area contributed by atoms with Crippen LogP contribution in [0.2, 0.25) is 0 Å². The third-order valence-electron chi connectivity index (χ3n) is 1.21. The van der Waals surface area contributed by atoms with Crippen LogP contribution in [0.3, 0.4) is 0 Å². The first kappa shape index (κ1) is 13.5. The molecular formula is C8H18N2O2. The van der Waals surface area contributed by atoms with E-state index in [4.69, 9.17) is 0 Å². The average Bonchev–Trinajstić information content (AvgIpc) is 1.87. The molecule has 0 aromatic carbocycles. The van der Waals surface area contributed by atoms with Crippen molar-refractivity contribution in [1.82, 2.24) is 4.90 Å². The molecule has 0 aromatic rings. The Morgan fingerprint density at radius 2 is 1.42 bits per heavy atom. The Hall–Kier alpha value is -1.06. The maximum atomic E-state index is 10.5. The number of hydrogen-bond donors (Lipinski definition) is 1. The largest absolute Gasteiger partial charge is 0.370 e. The molecule has 72 valence electrons. The summed E-state index contributed by atoms with van der Waals surface area (Å²) in [4.78, 5) is 21.5. The van der Waals surface area contributed by atoms with Crippen LogP contribution in [0.25, 0.3) is 0 Å². The molecule has 0 aliphatic heterocycles. The second-order valence-electron chi connectivity index (χ2n) is 2.30. The number of carbonyl (C=O) groups excluding carboxylic acids is 2. The molecule has 0 aliphatic carbocycles. The molecule has 0 saturated heterocycles. The number of amides is 2. The lowest BCUT2D eigenvalue weighted by Gasteiger charge is -2.14. The molecule has 0 bridgehead atoms. The molecule has 0 heterocycles. The Bertz CT molecular complexity index is 138. The number of nitrogens with two attached hydrogens (primary N) is 1. The van der Waals surface area contributed by atoms with Gasteiger partial charge in [0, 0.05) is 26.9 Å². The molecule has 0 atom stereocenters. The quantitative estimate of drug-likeness (QED) is 0.657. The van der Waals surface area contributed by atoms with Crippen LogP contribution >= 0.6 is 0 Å². The van der Waals surface area contributed by atoms with Crippen LogP contribution in [-0.4, -0.2) is 29.8 Å². The van der Waals surface area contributed by atoms with Crippen molar-refractivity contribution >= 4 is 11.8 Å². The van der Waals surface area contributed by atoms with Gasteiger partial charge in [-0.25, -0.2) is 0 Å². The Balaban J connectivity index is 0. The molecule has 12 heavy (non-hydrogen) atoms. The highest BCUT2D eigenvalue weighted by Gasteiger charge is 1.99. The highest BCUT2D eigenvalue weighted by molar-refractivity contribution is 5.73. The highest BCUT2D eigenvalue weighted by atomic mass is 16.2. The van der Waals surface area contributed by atoms with Crippen molar-refractivity contribution in [3.8, 4) is 0 Å². The van der Waals surface area contributed by atoms with Crippen molar-refractivity contribution in [2.75, 3.05) is 13.1 Å². The molecule has 0 fully saturated rings. The zero-order valence-corrected chi connectivity index (χ0v) is 8.26. The summed E-state index contributed by atoms with van der Waals surface area (Å²) in [5.74, 6) is -0.171. The Labute approximate surface area is 73.7 Å². The first-order chi connectivity index (χ1) is 5.45. The SMILES string of the molecule is CC(N)=O.CCN(CC)C(C)=O. The van der Waals surface area contributed by atoms with Crippen molar-refractivity contribution in [2.45, 2.75) is 27.7 Å². The fraction of sp³-hybridized carbons (Fsp3) is 0.750. The molecule has 4 nitrogen and oxygen atoms in total. The number of nitrogens with zero attached hydrogens (tertiary/aromatic N) is 1. The Morgan fingerprint density at radius 3 is 1.42 bits per heavy atom. The summed E-state index contributed by atoms with van der Waals surface area (Å²) < 4.78 is 0. The molecule has 0 saturated carbocycles. The van der Waals surface area contributed by atoms with Crippen LogP contribution in [0.5, 0.6) is 0 Å². The van der Waals surface area contributed by atoms with Gasteiger partial charge < -0.3 is 10.6 Å². The van der Waals surface area contributed by atoms with Crippen molar-refractivity contribution in [3.05, 3.63) is 0 Å². The zero-order chi connectivity index (χ0) is 10.1. The maximum Gasteiger partial charge on any atom is 0.219 e. The molecule has 4 heteroatoms. The van der Waals surface area contributed by atoms with E-state index in [9.17, 15) is 9.59 Å². The van der Waals surface area contributed by atoms with Gasteiger partial charge in [-0.2, -0.15) is 0 Å². The van der Waals surface area contributed by atoms with E-state index in [1.54, 1.807) is 11.8 Å². The third-order valence-corrected chi connectivity index (χ3v) is 1.21. The van der Waals surface area contributed by atoms with Crippen molar-refractivity contribution in [3.63, 3.8) is 0 Å². The first-order valence-electron chi connectivity index (χ1n) is 3.97. The van der Waals surface area contributed by atoms with E-state index in [-0.39, 0.29) is 11.8 Å². The number of carbonyl (C=O) groups is 2. The van der Waals surface area contributed by atoms with E-state index in [1.807, 2.05) is 13.8 Å². The minimum atomic E-state index is -0.333. The van der Waals surface area contributed by atoms with Gasteiger partial charge in [-0.1, -0.05) is 0 Å². The fourth-order valence-corrected chi connectivity index (χ4v) is 0.669. The maximum absolute atomic E-state index is 10.5. The van der Waals surface area contributed by atoms with Gasteiger partial charge in [0.25, 0.3) is 0 Å². The Morgan fingerprint density at radius 1 is 1.17 bits per heavy atom. The zero-order valence-electron chi connectivity index (χ0n) is 8.26. The third kappa shape index (κ3) is 11.7. The van der Waals surface area contributed by atoms with Gasteiger partial charge in [0.2, 0.25) is 11.8 Å². The summed E-state index contributed by atoms with van der Waals surface area (Å²) in [6, 6.07) is 0. The standard InChI is InChI=1S/C6H13NO.C2H5NO/c1-4-7(5-2)6(3)8;1-2(3)4/h4-5H2,1-3H3;1H3,(H2,3,4). The van der Waals surface area contributed by atoms with Gasteiger partial charge in [0.1, 0.15) is 0 Å². The molecule has 0 aromatic heterocycles. The number of rotatable bonds is 2. The van der Waals surface area contributed by atoms with Crippen LogP contribution in [0, 0.1) is 0 Å². The van der Waals surface area contributed by atoms with Gasteiger partial charge in [-0.05, 0) is 13.8 Å². The lowest BCUT2D eigenvalue weighted by Crippen LogP contribution is -2.27. The first-order valence-corrected chi connectivity index (χ1v) is 3.97. The fourth-order valence-electron chi connectivity index (χ4n) is 0.669. The monoisotopic (exact) mass is 174 g/mol. The van der Waals surface area contributed by atoms with E-state index < -0.39 is 0 Å². The van der Waals surface area contributed by atoms with E-state index >= 15 is 0 Å². The van der Waals surface area contributed by atoms with Gasteiger partial charge >= 0.3 is 0 Å². The van der Waals surface area contributed by atoms with Crippen LogP contribution in [0.15, 0.2) is 0 Å². The van der Waals surface area contributed by atoms with Crippen molar-refractivity contribution in [2.24, 2.45) is 5.73 Å². The summed E-state index contributed by atoms with van der Waals surface area (Å²) in [5, 5.41) is 0. The molecule has 0 spiro atoms. The van der Waals surface area contributed by atoms with Crippen LogP contribution in [0.1, 0.15) is 27.7 Å². The second-order valence-corrected chi connectivity index (χ2v) is 2.30. The lowest BCUT2D eigenvalue weighted by molar-refractivity contribution is -0.128. The number of primary amides is 1. The van der Waals surface area contributed by atoms with Crippen molar-refractivity contribution in [1.29, 1.82) is 0 Å². The van der Waals surface area contributed by atoms with Gasteiger partial charge in [0.15, 0.2) is 0 Å². The van der Waals surface area contributed by atoms with Crippen LogP contribution < -0.4 is 5.73 Å². The predicted molar refractivity (Wildman–Crippen MR) is 48.5 cm³/mol. The smallest absolute Gasteiger partial charge is 0.219 e.